The highest BCUT2D eigenvalue weighted by Crippen LogP contribution is 2.17. The Morgan fingerprint density at radius 2 is 1.92 bits per heavy atom. The maximum atomic E-state index is 5.62. The molecule has 0 bridgehead atoms. The van der Waals surface area contributed by atoms with Crippen LogP contribution in [0.5, 0.6) is 0 Å². The first-order valence-electron chi connectivity index (χ1n) is 3.08. The Bertz CT molecular complexity index is 228. The summed E-state index contributed by atoms with van der Waals surface area (Å²) in [4.78, 5) is 5.83. The Hall–Kier alpha value is -0.670. The summed E-state index contributed by atoms with van der Waals surface area (Å²) >= 11 is 0. The normalized spacial score (nSPS) is 7.83. The van der Waals surface area contributed by atoms with Crippen molar-refractivity contribution < 1.29 is 0 Å². The van der Waals surface area contributed by atoms with Crippen molar-refractivity contribution in [1.82, 2.24) is 4.98 Å². The summed E-state index contributed by atoms with van der Waals surface area (Å²) in [5, 5.41) is 0. The molecule has 0 atom stereocenters. The lowest BCUT2D eigenvalue weighted by atomic mass is 10.3. The Morgan fingerprint density at radius 3 is 2.25 bits per heavy atom. The van der Waals surface area contributed by atoms with E-state index in [-0.39, 0.29) is 24.8 Å². The van der Waals surface area contributed by atoms with Crippen LogP contribution in [-0.2, 0) is 0 Å². The van der Waals surface area contributed by atoms with Gasteiger partial charge < -0.3 is 10.6 Å². The fourth-order valence-electron chi connectivity index (χ4n) is 0.807. The van der Waals surface area contributed by atoms with Crippen molar-refractivity contribution in [2.75, 3.05) is 24.7 Å². The summed E-state index contributed by atoms with van der Waals surface area (Å²) in [7, 11) is 3.90. The predicted molar refractivity (Wildman–Crippen MR) is 57.5 cm³/mol. The Morgan fingerprint density at radius 1 is 1.33 bits per heavy atom. The standard InChI is InChI=1S/C7H11N3.2ClH/c1-10(2)7-3-4-9-5-6(7)8;;/h3-5H,8H2,1-2H3;2*1H. The van der Waals surface area contributed by atoms with Crippen LogP contribution >= 0.6 is 24.8 Å². The van der Waals surface area contributed by atoms with Crippen LogP contribution in [0.4, 0.5) is 11.4 Å². The average Bonchev–Trinajstić information content (AvgIpc) is 1.88. The molecule has 3 nitrogen and oxygen atoms in total. The van der Waals surface area contributed by atoms with Gasteiger partial charge in [0.2, 0.25) is 0 Å². The molecule has 12 heavy (non-hydrogen) atoms. The number of aromatic nitrogens is 1. The predicted octanol–water partition coefficient (Wildman–Crippen LogP) is 1.57. The summed E-state index contributed by atoms with van der Waals surface area (Å²) in [5.74, 6) is 0. The molecule has 1 aromatic heterocycles. The van der Waals surface area contributed by atoms with Gasteiger partial charge in [0.15, 0.2) is 0 Å². The molecule has 0 fully saturated rings. The molecule has 0 aliphatic heterocycles. The quantitative estimate of drug-likeness (QED) is 0.764. The van der Waals surface area contributed by atoms with Crippen LogP contribution < -0.4 is 10.6 Å². The lowest BCUT2D eigenvalue weighted by molar-refractivity contribution is 1.12. The van der Waals surface area contributed by atoms with Crippen LogP contribution in [-0.4, -0.2) is 19.1 Å². The summed E-state index contributed by atoms with van der Waals surface area (Å²) in [6, 6.07) is 1.88. The van der Waals surface area contributed by atoms with E-state index in [2.05, 4.69) is 4.98 Å². The van der Waals surface area contributed by atoms with E-state index in [9.17, 15) is 0 Å². The van der Waals surface area contributed by atoms with Crippen molar-refractivity contribution in [3.8, 4) is 0 Å². The summed E-state index contributed by atoms with van der Waals surface area (Å²) in [6.07, 6.45) is 3.38. The van der Waals surface area contributed by atoms with Crippen molar-refractivity contribution in [3.63, 3.8) is 0 Å². The van der Waals surface area contributed by atoms with Crippen molar-refractivity contribution in [3.05, 3.63) is 18.5 Å². The minimum atomic E-state index is 0. The fourth-order valence-corrected chi connectivity index (χ4v) is 0.807. The third-order valence-corrected chi connectivity index (χ3v) is 1.31. The number of nitrogens with two attached hydrogens (primary N) is 1. The second-order valence-electron chi connectivity index (χ2n) is 2.33. The van der Waals surface area contributed by atoms with Crippen molar-refractivity contribution in [2.24, 2.45) is 0 Å². The van der Waals surface area contributed by atoms with Crippen LogP contribution in [0.1, 0.15) is 0 Å². The molecular formula is C7H13Cl2N3. The van der Waals surface area contributed by atoms with Gasteiger partial charge in [0.1, 0.15) is 0 Å². The number of nitrogens with zero attached hydrogens (tertiary/aromatic N) is 2. The van der Waals surface area contributed by atoms with Crippen LogP contribution in [0.3, 0.4) is 0 Å². The van der Waals surface area contributed by atoms with Crippen LogP contribution in [0.25, 0.3) is 0 Å². The first-order chi connectivity index (χ1) is 4.72. The molecular weight excluding hydrogens is 197 g/mol. The molecule has 0 aliphatic carbocycles. The molecule has 5 heteroatoms. The topological polar surface area (TPSA) is 42.2 Å². The highest BCUT2D eigenvalue weighted by atomic mass is 35.5. The molecule has 2 N–H and O–H groups in total. The van der Waals surface area contributed by atoms with Gasteiger partial charge >= 0.3 is 0 Å². The van der Waals surface area contributed by atoms with Crippen molar-refractivity contribution >= 4 is 36.2 Å². The maximum Gasteiger partial charge on any atom is 0.0738 e. The minimum Gasteiger partial charge on any atom is -0.396 e. The lowest BCUT2D eigenvalue weighted by Gasteiger charge is -2.13. The lowest BCUT2D eigenvalue weighted by Crippen LogP contribution is -2.10. The molecule has 0 aliphatic rings. The van der Waals surface area contributed by atoms with E-state index in [4.69, 9.17) is 5.73 Å². The number of hydrogen-bond donors (Lipinski definition) is 1. The zero-order chi connectivity index (χ0) is 7.56. The molecule has 0 unspecified atom stereocenters. The summed E-state index contributed by atoms with van der Waals surface area (Å²) in [5.41, 5.74) is 7.34. The van der Waals surface area contributed by atoms with E-state index in [0.29, 0.717) is 5.69 Å². The molecule has 0 amide bonds. The number of nitrogen functional groups attached to an aromatic ring is 1. The minimum absolute atomic E-state index is 0. The second kappa shape index (κ2) is 5.91. The van der Waals surface area contributed by atoms with E-state index in [0.717, 1.165) is 5.69 Å². The van der Waals surface area contributed by atoms with Crippen LogP contribution in [0.15, 0.2) is 18.5 Å². The zero-order valence-corrected chi connectivity index (χ0v) is 8.65. The second-order valence-corrected chi connectivity index (χ2v) is 2.33. The summed E-state index contributed by atoms with van der Waals surface area (Å²) < 4.78 is 0. The van der Waals surface area contributed by atoms with E-state index >= 15 is 0 Å². The third kappa shape index (κ3) is 3.15. The average molecular weight is 210 g/mol. The molecule has 1 aromatic rings. The monoisotopic (exact) mass is 209 g/mol. The largest absolute Gasteiger partial charge is 0.396 e. The van der Waals surface area contributed by atoms with Gasteiger partial charge in [-0.15, -0.1) is 24.8 Å². The highest BCUT2D eigenvalue weighted by molar-refractivity contribution is 5.85. The van der Waals surface area contributed by atoms with Crippen molar-refractivity contribution in [1.29, 1.82) is 0 Å². The third-order valence-electron chi connectivity index (χ3n) is 1.31. The number of rotatable bonds is 1. The van der Waals surface area contributed by atoms with Gasteiger partial charge in [-0.05, 0) is 6.07 Å². The number of hydrogen-bond acceptors (Lipinski definition) is 3. The number of anilines is 2. The van der Waals surface area contributed by atoms with Crippen LogP contribution in [0.2, 0.25) is 0 Å². The van der Waals surface area contributed by atoms with Crippen molar-refractivity contribution in [2.45, 2.75) is 0 Å². The Kier molecular flexibility index (Phi) is 6.85. The molecule has 0 aromatic carbocycles. The van der Waals surface area contributed by atoms with Crippen LogP contribution in [0, 0.1) is 0 Å². The van der Waals surface area contributed by atoms with E-state index in [1.165, 1.54) is 0 Å². The van der Waals surface area contributed by atoms with Gasteiger partial charge in [0.25, 0.3) is 0 Å². The first-order valence-corrected chi connectivity index (χ1v) is 3.08. The molecule has 0 saturated carbocycles. The highest BCUT2D eigenvalue weighted by Gasteiger charge is 1.97. The first kappa shape index (κ1) is 13.9. The SMILES string of the molecule is CN(C)c1ccncc1N.Cl.Cl. The molecule has 0 radical (unpaired) electrons. The van der Waals surface area contributed by atoms with Gasteiger partial charge in [0, 0.05) is 20.3 Å². The zero-order valence-electron chi connectivity index (χ0n) is 7.02. The molecule has 1 heterocycles. The van der Waals surface area contributed by atoms with Gasteiger partial charge in [-0.1, -0.05) is 0 Å². The van der Waals surface area contributed by atoms with Gasteiger partial charge in [-0.3, -0.25) is 4.98 Å². The van der Waals surface area contributed by atoms with E-state index in [1.54, 1.807) is 12.4 Å². The Balaban J connectivity index is 0. The van der Waals surface area contributed by atoms with Gasteiger partial charge in [-0.25, -0.2) is 0 Å². The Labute approximate surface area is 84.8 Å². The molecule has 70 valence electrons. The smallest absolute Gasteiger partial charge is 0.0738 e. The van der Waals surface area contributed by atoms with Gasteiger partial charge in [0.05, 0.1) is 17.6 Å². The maximum absolute atomic E-state index is 5.62. The molecule has 0 saturated heterocycles. The number of halogens is 2. The number of pyridine rings is 1. The van der Waals surface area contributed by atoms with E-state index < -0.39 is 0 Å². The van der Waals surface area contributed by atoms with Gasteiger partial charge in [-0.2, -0.15) is 0 Å². The molecule has 0 spiro atoms. The van der Waals surface area contributed by atoms with E-state index in [1.807, 2.05) is 25.1 Å². The summed E-state index contributed by atoms with van der Waals surface area (Å²) in [6.45, 7) is 0. The molecule has 1 rings (SSSR count). The fraction of sp³-hybridized carbons (Fsp3) is 0.286.